The molecule has 2 aromatic rings. The van der Waals surface area contributed by atoms with Gasteiger partial charge in [0.15, 0.2) is 0 Å². The molecule has 2 rings (SSSR count). The van der Waals surface area contributed by atoms with Crippen molar-refractivity contribution in [1.29, 1.82) is 0 Å². The Labute approximate surface area is 110 Å². The molecule has 0 aliphatic carbocycles. The van der Waals surface area contributed by atoms with E-state index in [1.54, 1.807) is 0 Å². The van der Waals surface area contributed by atoms with Crippen molar-refractivity contribution in [2.24, 2.45) is 5.92 Å². The van der Waals surface area contributed by atoms with E-state index < -0.39 is 0 Å². The highest BCUT2D eigenvalue weighted by atomic mass is 79.9. The molecular weight excluding hydrogens is 280 g/mol. The number of hydrogen-bond acceptors (Lipinski definition) is 1. The highest BCUT2D eigenvalue weighted by Crippen LogP contribution is 2.38. The second-order valence-electron chi connectivity index (χ2n) is 4.40. The van der Waals surface area contributed by atoms with Crippen molar-refractivity contribution in [2.45, 2.75) is 31.5 Å². The minimum Gasteiger partial charge on any atom is -0.143 e. The predicted octanol–water partition coefficient (Wildman–Crippen LogP) is 5.77. The average molecular weight is 297 g/mol. The maximum atomic E-state index is 3.83. The highest BCUT2D eigenvalue weighted by molar-refractivity contribution is 9.09. The topological polar surface area (TPSA) is 0 Å². The molecule has 0 aliphatic heterocycles. The molecule has 1 heterocycles. The van der Waals surface area contributed by atoms with E-state index in [1.807, 2.05) is 11.3 Å². The molecule has 0 saturated carbocycles. The van der Waals surface area contributed by atoms with Gasteiger partial charge in [-0.05, 0) is 34.7 Å². The van der Waals surface area contributed by atoms with Gasteiger partial charge in [-0.1, -0.05) is 54.4 Å². The summed E-state index contributed by atoms with van der Waals surface area (Å²) < 4.78 is 1.39. The molecule has 0 amide bonds. The Morgan fingerprint density at radius 1 is 1.31 bits per heavy atom. The maximum Gasteiger partial charge on any atom is 0.0412 e. The van der Waals surface area contributed by atoms with Gasteiger partial charge < -0.3 is 0 Å². The third-order valence-corrected chi connectivity index (χ3v) is 5.00. The third-order valence-electron chi connectivity index (χ3n) is 3.15. The van der Waals surface area contributed by atoms with Crippen molar-refractivity contribution in [3.05, 3.63) is 35.2 Å². The van der Waals surface area contributed by atoms with Crippen LogP contribution >= 0.6 is 27.3 Å². The van der Waals surface area contributed by atoms with Gasteiger partial charge in [-0.15, -0.1) is 11.3 Å². The number of halogens is 1. The van der Waals surface area contributed by atoms with Crippen LogP contribution in [-0.2, 0) is 0 Å². The fourth-order valence-electron chi connectivity index (χ4n) is 1.89. The van der Waals surface area contributed by atoms with Crippen molar-refractivity contribution in [3.63, 3.8) is 0 Å². The molecule has 0 N–H and O–H groups in total. The van der Waals surface area contributed by atoms with Crippen LogP contribution < -0.4 is 0 Å². The molecule has 0 spiro atoms. The fraction of sp³-hybridized carbons (Fsp3) is 0.429. The monoisotopic (exact) mass is 296 g/mol. The lowest BCUT2D eigenvalue weighted by molar-refractivity contribution is 0.515. The van der Waals surface area contributed by atoms with E-state index in [0.717, 1.165) is 5.92 Å². The molecular formula is C14H17BrS. The minimum atomic E-state index is 0.499. The zero-order valence-electron chi connectivity index (χ0n) is 9.74. The highest BCUT2D eigenvalue weighted by Gasteiger charge is 2.14. The van der Waals surface area contributed by atoms with E-state index >= 15 is 0 Å². The Kier molecular flexibility index (Phi) is 4.04. The van der Waals surface area contributed by atoms with Crippen molar-refractivity contribution < 1.29 is 0 Å². The molecule has 0 saturated heterocycles. The fourth-order valence-corrected chi connectivity index (χ4v) is 4.09. The van der Waals surface area contributed by atoms with Crippen LogP contribution in [0.3, 0.4) is 0 Å². The quantitative estimate of drug-likeness (QED) is 0.628. The summed E-state index contributed by atoms with van der Waals surface area (Å²) in [7, 11) is 0. The Hall–Kier alpha value is -0.340. The summed E-state index contributed by atoms with van der Waals surface area (Å²) in [6.45, 7) is 4.58. The van der Waals surface area contributed by atoms with Gasteiger partial charge >= 0.3 is 0 Å². The number of alkyl halides is 1. The van der Waals surface area contributed by atoms with Gasteiger partial charge in [-0.25, -0.2) is 0 Å². The van der Waals surface area contributed by atoms with E-state index in [4.69, 9.17) is 0 Å². The predicted molar refractivity (Wildman–Crippen MR) is 77.6 cm³/mol. The second-order valence-corrected chi connectivity index (χ2v) is 6.42. The first kappa shape index (κ1) is 12.1. The van der Waals surface area contributed by atoms with E-state index in [0.29, 0.717) is 4.83 Å². The van der Waals surface area contributed by atoms with Crippen LogP contribution in [0.25, 0.3) is 10.1 Å². The van der Waals surface area contributed by atoms with E-state index in [1.165, 1.54) is 28.5 Å². The molecule has 86 valence electrons. The first-order valence-corrected chi connectivity index (χ1v) is 7.62. The molecule has 1 aromatic carbocycles. The number of thiophene rings is 1. The molecule has 2 atom stereocenters. The van der Waals surface area contributed by atoms with Crippen molar-refractivity contribution in [2.75, 3.05) is 0 Å². The van der Waals surface area contributed by atoms with Crippen LogP contribution in [-0.4, -0.2) is 0 Å². The van der Waals surface area contributed by atoms with Gasteiger partial charge in [-0.3, -0.25) is 0 Å². The lowest BCUT2D eigenvalue weighted by Gasteiger charge is -2.13. The van der Waals surface area contributed by atoms with Gasteiger partial charge in [0.1, 0.15) is 0 Å². The van der Waals surface area contributed by atoms with E-state index in [-0.39, 0.29) is 0 Å². The number of hydrogen-bond donors (Lipinski definition) is 0. The maximum absolute atomic E-state index is 3.83. The average Bonchev–Trinajstić information content (AvgIpc) is 2.72. The number of rotatable bonds is 4. The lowest BCUT2D eigenvalue weighted by Crippen LogP contribution is -1.97. The summed E-state index contributed by atoms with van der Waals surface area (Å²) in [5.41, 5.74) is 1.46. The summed E-state index contributed by atoms with van der Waals surface area (Å²) in [6, 6.07) is 8.67. The molecule has 0 fully saturated rings. The van der Waals surface area contributed by atoms with Crippen molar-refractivity contribution >= 4 is 37.4 Å². The Bertz CT molecular complexity index is 460. The summed E-state index contributed by atoms with van der Waals surface area (Å²) in [6.07, 6.45) is 2.47. The van der Waals surface area contributed by atoms with Crippen LogP contribution in [0.5, 0.6) is 0 Å². The Morgan fingerprint density at radius 2 is 2.06 bits per heavy atom. The smallest absolute Gasteiger partial charge is 0.0412 e. The van der Waals surface area contributed by atoms with E-state index in [2.05, 4.69) is 59.4 Å². The molecule has 0 bridgehead atoms. The SMILES string of the molecule is CCC(C)CC(Br)c1csc2ccccc12. The van der Waals surface area contributed by atoms with Crippen molar-refractivity contribution in [3.8, 4) is 0 Å². The molecule has 1 aromatic heterocycles. The first-order valence-electron chi connectivity index (χ1n) is 5.82. The first-order chi connectivity index (χ1) is 7.72. The largest absolute Gasteiger partial charge is 0.143 e. The van der Waals surface area contributed by atoms with Gasteiger partial charge in [-0.2, -0.15) is 0 Å². The van der Waals surface area contributed by atoms with Crippen molar-refractivity contribution in [1.82, 2.24) is 0 Å². The van der Waals surface area contributed by atoms with Gasteiger partial charge in [0.2, 0.25) is 0 Å². The molecule has 16 heavy (non-hydrogen) atoms. The molecule has 0 radical (unpaired) electrons. The van der Waals surface area contributed by atoms with Gasteiger partial charge in [0.05, 0.1) is 0 Å². The summed E-state index contributed by atoms with van der Waals surface area (Å²) in [4.78, 5) is 0.499. The Morgan fingerprint density at radius 3 is 2.81 bits per heavy atom. The summed E-state index contributed by atoms with van der Waals surface area (Å²) in [5.74, 6) is 0.781. The van der Waals surface area contributed by atoms with Gasteiger partial charge in [0.25, 0.3) is 0 Å². The minimum absolute atomic E-state index is 0.499. The summed E-state index contributed by atoms with van der Waals surface area (Å²) in [5, 5.41) is 3.71. The van der Waals surface area contributed by atoms with Crippen LogP contribution in [0.1, 0.15) is 37.1 Å². The summed E-state index contributed by atoms with van der Waals surface area (Å²) >= 11 is 5.68. The standard InChI is InChI=1S/C14H17BrS/c1-3-10(2)8-13(15)12-9-16-14-7-5-4-6-11(12)14/h4-7,9-10,13H,3,8H2,1-2H3. The molecule has 0 nitrogen and oxygen atoms in total. The zero-order chi connectivity index (χ0) is 11.5. The Balaban J connectivity index is 2.26. The van der Waals surface area contributed by atoms with Gasteiger partial charge in [0, 0.05) is 9.53 Å². The van der Waals surface area contributed by atoms with Crippen LogP contribution in [0.2, 0.25) is 0 Å². The van der Waals surface area contributed by atoms with Crippen LogP contribution in [0.4, 0.5) is 0 Å². The normalized spacial score (nSPS) is 15.2. The number of fused-ring (bicyclic) bond motifs is 1. The lowest BCUT2D eigenvalue weighted by atomic mass is 9.99. The molecule has 0 aliphatic rings. The van der Waals surface area contributed by atoms with Crippen LogP contribution in [0.15, 0.2) is 29.6 Å². The molecule has 2 heteroatoms. The zero-order valence-corrected chi connectivity index (χ0v) is 12.1. The second kappa shape index (κ2) is 5.33. The molecule has 2 unspecified atom stereocenters. The number of benzene rings is 1. The van der Waals surface area contributed by atoms with E-state index in [9.17, 15) is 0 Å². The third kappa shape index (κ3) is 2.49. The van der Waals surface area contributed by atoms with Crippen LogP contribution in [0, 0.1) is 5.92 Å².